The number of rotatable bonds is 4. The summed E-state index contributed by atoms with van der Waals surface area (Å²) in [6, 6.07) is 7.45. The van der Waals surface area contributed by atoms with Gasteiger partial charge < -0.3 is 18.8 Å². The number of fused-ring (bicyclic) bond motifs is 1. The largest absolute Gasteiger partial charge is 0.469 e. The maximum Gasteiger partial charge on any atom is 0.257 e. The Morgan fingerprint density at radius 2 is 2.05 bits per heavy atom. The van der Waals surface area contributed by atoms with Crippen molar-refractivity contribution in [1.29, 1.82) is 0 Å². The second-order valence-corrected chi connectivity index (χ2v) is 4.90. The van der Waals surface area contributed by atoms with Crippen LogP contribution in [-0.2, 0) is 6.54 Å². The average Bonchev–Trinajstić information content (AvgIpc) is 3.12. The Balaban J connectivity index is 1.78. The normalized spacial score (nSPS) is 12.5. The highest BCUT2D eigenvalue weighted by molar-refractivity contribution is 5.95. The van der Waals surface area contributed by atoms with Crippen molar-refractivity contribution < 1.29 is 18.7 Å². The summed E-state index contributed by atoms with van der Waals surface area (Å²) in [6.45, 7) is 5.15. The third-order valence-corrected chi connectivity index (χ3v) is 3.57. The average molecular weight is 287 g/mol. The van der Waals surface area contributed by atoms with Crippen molar-refractivity contribution in [3.8, 4) is 11.5 Å². The number of ether oxygens (including phenoxy) is 2. The molecule has 0 bridgehead atoms. The van der Waals surface area contributed by atoms with E-state index in [2.05, 4.69) is 0 Å². The van der Waals surface area contributed by atoms with Gasteiger partial charge >= 0.3 is 0 Å². The number of carbonyl (C=O) groups excluding carboxylic acids is 1. The van der Waals surface area contributed by atoms with Crippen LogP contribution in [0.4, 0.5) is 0 Å². The van der Waals surface area contributed by atoms with E-state index in [1.807, 2.05) is 25.1 Å². The number of nitrogens with zero attached hydrogens (tertiary/aromatic N) is 1. The molecular weight excluding hydrogens is 270 g/mol. The van der Waals surface area contributed by atoms with Gasteiger partial charge in [-0.05, 0) is 37.6 Å². The lowest BCUT2D eigenvalue weighted by Gasteiger charge is -2.20. The molecule has 1 amide bonds. The molecule has 5 heteroatoms. The lowest BCUT2D eigenvalue weighted by molar-refractivity contribution is 0.0750. The molecular formula is C16H17NO4. The van der Waals surface area contributed by atoms with Crippen LogP contribution in [0.25, 0.3) is 0 Å². The van der Waals surface area contributed by atoms with E-state index in [1.165, 1.54) is 6.26 Å². The minimum absolute atomic E-state index is 0.0265. The van der Waals surface area contributed by atoms with E-state index in [0.29, 0.717) is 24.4 Å². The van der Waals surface area contributed by atoms with Crippen molar-refractivity contribution >= 4 is 5.91 Å². The van der Waals surface area contributed by atoms with Gasteiger partial charge in [-0.3, -0.25) is 4.79 Å². The molecule has 1 aromatic heterocycles. The van der Waals surface area contributed by atoms with E-state index < -0.39 is 0 Å². The topological polar surface area (TPSA) is 51.9 Å². The highest BCUT2D eigenvalue weighted by Crippen LogP contribution is 2.32. The maximum atomic E-state index is 12.5. The predicted molar refractivity (Wildman–Crippen MR) is 76.4 cm³/mol. The van der Waals surface area contributed by atoms with Crippen LogP contribution in [0.5, 0.6) is 11.5 Å². The van der Waals surface area contributed by atoms with Crippen molar-refractivity contribution in [3.63, 3.8) is 0 Å². The first-order valence-electron chi connectivity index (χ1n) is 6.91. The van der Waals surface area contributed by atoms with Crippen molar-refractivity contribution in [2.75, 3.05) is 13.3 Å². The van der Waals surface area contributed by atoms with Gasteiger partial charge in [0.2, 0.25) is 6.79 Å². The number of carbonyl (C=O) groups is 1. The molecule has 0 saturated heterocycles. The van der Waals surface area contributed by atoms with Gasteiger partial charge in [-0.2, -0.15) is 0 Å². The van der Waals surface area contributed by atoms with E-state index in [-0.39, 0.29) is 12.7 Å². The van der Waals surface area contributed by atoms with Crippen LogP contribution < -0.4 is 9.47 Å². The number of hydrogen-bond donors (Lipinski definition) is 0. The number of furan rings is 1. The van der Waals surface area contributed by atoms with Crippen LogP contribution in [0.1, 0.15) is 28.6 Å². The Hall–Kier alpha value is -2.43. The maximum absolute atomic E-state index is 12.5. The van der Waals surface area contributed by atoms with Crippen LogP contribution >= 0.6 is 0 Å². The van der Waals surface area contributed by atoms with E-state index in [1.54, 1.807) is 17.9 Å². The third-order valence-electron chi connectivity index (χ3n) is 3.57. The summed E-state index contributed by atoms with van der Waals surface area (Å²) in [4.78, 5) is 14.3. The zero-order valence-electron chi connectivity index (χ0n) is 12.1. The Morgan fingerprint density at radius 1 is 1.24 bits per heavy atom. The van der Waals surface area contributed by atoms with Gasteiger partial charge in [0.15, 0.2) is 11.5 Å². The molecule has 21 heavy (non-hydrogen) atoms. The second kappa shape index (κ2) is 5.52. The third kappa shape index (κ3) is 2.59. The zero-order valence-corrected chi connectivity index (χ0v) is 12.1. The van der Waals surface area contributed by atoms with Crippen LogP contribution in [0.2, 0.25) is 0 Å². The zero-order chi connectivity index (χ0) is 14.8. The van der Waals surface area contributed by atoms with E-state index in [4.69, 9.17) is 13.9 Å². The number of amides is 1. The minimum atomic E-state index is -0.0265. The Morgan fingerprint density at radius 3 is 2.76 bits per heavy atom. The summed E-state index contributed by atoms with van der Waals surface area (Å²) in [5.41, 5.74) is 1.62. The van der Waals surface area contributed by atoms with Crippen molar-refractivity contribution in [2.45, 2.75) is 20.4 Å². The molecule has 0 N–H and O–H groups in total. The first kappa shape index (κ1) is 13.5. The SMILES string of the molecule is CCN(Cc1ccc2c(c1)OCO2)C(=O)c1ccoc1C. The fraction of sp³-hybridized carbons (Fsp3) is 0.312. The number of aryl methyl sites for hydroxylation is 1. The highest BCUT2D eigenvalue weighted by Gasteiger charge is 2.20. The molecule has 1 aromatic carbocycles. The second-order valence-electron chi connectivity index (χ2n) is 4.90. The summed E-state index contributed by atoms with van der Waals surface area (Å²) in [5.74, 6) is 2.10. The van der Waals surface area contributed by atoms with Crippen molar-refractivity contribution in [1.82, 2.24) is 4.90 Å². The molecule has 2 heterocycles. The van der Waals surface area contributed by atoms with Gasteiger partial charge in [-0.15, -0.1) is 0 Å². The lowest BCUT2D eigenvalue weighted by Crippen LogP contribution is -2.30. The summed E-state index contributed by atoms with van der Waals surface area (Å²) in [5, 5.41) is 0. The van der Waals surface area contributed by atoms with E-state index in [9.17, 15) is 4.79 Å². The molecule has 0 fully saturated rings. The fourth-order valence-electron chi connectivity index (χ4n) is 2.36. The molecule has 5 nitrogen and oxygen atoms in total. The molecule has 110 valence electrons. The van der Waals surface area contributed by atoms with Crippen LogP contribution in [-0.4, -0.2) is 24.1 Å². The standard InChI is InChI=1S/C16H17NO4/c1-3-17(16(18)13-6-7-19-11(13)2)9-12-4-5-14-15(8-12)21-10-20-14/h4-8H,3,9-10H2,1-2H3. The van der Waals surface area contributed by atoms with Crippen LogP contribution in [0.15, 0.2) is 34.9 Å². The summed E-state index contributed by atoms with van der Waals surface area (Å²) in [6.07, 6.45) is 1.54. The van der Waals surface area contributed by atoms with E-state index >= 15 is 0 Å². The molecule has 0 atom stereocenters. The lowest BCUT2D eigenvalue weighted by atomic mass is 10.1. The monoisotopic (exact) mass is 287 g/mol. The first-order chi connectivity index (χ1) is 10.2. The Labute approximate surface area is 123 Å². The number of hydrogen-bond acceptors (Lipinski definition) is 4. The van der Waals surface area contributed by atoms with Gasteiger partial charge in [0.05, 0.1) is 11.8 Å². The van der Waals surface area contributed by atoms with Gasteiger partial charge in [-0.25, -0.2) is 0 Å². The van der Waals surface area contributed by atoms with Crippen LogP contribution in [0, 0.1) is 6.92 Å². The summed E-state index contributed by atoms with van der Waals surface area (Å²) < 4.78 is 15.9. The molecule has 1 aliphatic rings. The molecule has 0 unspecified atom stereocenters. The summed E-state index contributed by atoms with van der Waals surface area (Å²) >= 11 is 0. The van der Waals surface area contributed by atoms with Crippen LogP contribution in [0.3, 0.4) is 0 Å². The van der Waals surface area contributed by atoms with Gasteiger partial charge in [-0.1, -0.05) is 6.07 Å². The van der Waals surface area contributed by atoms with E-state index in [0.717, 1.165) is 17.1 Å². The Kier molecular flexibility index (Phi) is 3.56. The quantitative estimate of drug-likeness (QED) is 0.867. The van der Waals surface area contributed by atoms with Gasteiger partial charge in [0.25, 0.3) is 5.91 Å². The van der Waals surface area contributed by atoms with Crippen molar-refractivity contribution in [2.24, 2.45) is 0 Å². The fourth-order valence-corrected chi connectivity index (χ4v) is 2.36. The number of benzene rings is 1. The molecule has 0 spiro atoms. The molecule has 3 rings (SSSR count). The van der Waals surface area contributed by atoms with Crippen molar-refractivity contribution in [3.05, 3.63) is 47.4 Å². The molecule has 0 aliphatic carbocycles. The molecule has 1 aliphatic heterocycles. The Bertz CT molecular complexity index is 662. The van der Waals surface area contributed by atoms with Gasteiger partial charge in [0, 0.05) is 13.1 Å². The smallest absolute Gasteiger partial charge is 0.257 e. The minimum Gasteiger partial charge on any atom is -0.469 e. The highest BCUT2D eigenvalue weighted by atomic mass is 16.7. The van der Waals surface area contributed by atoms with Gasteiger partial charge in [0.1, 0.15) is 5.76 Å². The molecule has 2 aromatic rings. The summed E-state index contributed by atoms with van der Waals surface area (Å²) in [7, 11) is 0. The molecule has 0 saturated carbocycles. The first-order valence-corrected chi connectivity index (χ1v) is 6.91. The predicted octanol–water partition coefficient (Wildman–Crippen LogP) is 2.98. The molecule has 0 radical (unpaired) electrons.